The predicted octanol–water partition coefficient (Wildman–Crippen LogP) is 4.71. The highest BCUT2D eigenvalue weighted by molar-refractivity contribution is 6.00. The van der Waals surface area contributed by atoms with Crippen molar-refractivity contribution >= 4 is 34.5 Å². The number of halogens is 3. The van der Waals surface area contributed by atoms with E-state index in [9.17, 15) is 18.0 Å². The van der Waals surface area contributed by atoms with Gasteiger partial charge >= 0.3 is 6.18 Å². The van der Waals surface area contributed by atoms with E-state index in [4.69, 9.17) is 4.74 Å². The van der Waals surface area contributed by atoms with Crippen LogP contribution in [-0.4, -0.2) is 63.2 Å². The van der Waals surface area contributed by atoms with Crippen molar-refractivity contribution in [2.45, 2.75) is 6.18 Å². The number of pyridine rings is 1. The van der Waals surface area contributed by atoms with Gasteiger partial charge in [-0.25, -0.2) is 4.98 Å². The lowest BCUT2D eigenvalue weighted by molar-refractivity contribution is -0.137. The highest BCUT2D eigenvalue weighted by Gasteiger charge is 2.34. The van der Waals surface area contributed by atoms with Crippen LogP contribution in [-0.2, 0) is 6.18 Å². The molecule has 8 nitrogen and oxygen atoms in total. The number of aromatic nitrogens is 1. The van der Waals surface area contributed by atoms with Crippen molar-refractivity contribution in [2.24, 2.45) is 0 Å². The summed E-state index contributed by atoms with van der Waals surface area (Å²) in [6.07, 6.45) is -3.89. The van der Waals surface area contributed by atoms with Crippen molar-refractivity contribution in [3.8, 4) is 5.75 Å². The third-order valence-corrected chi connectivity index (χ3v) is 6.19. The normalized spacial score (nSPS) is 14.3. The minimum Gasteiger partial charge on any atom is -0.494 e. The molecule has 1 aliphatic rings. The van der Waals surface area contributed by atoms with E-state index in [-0.39, 0.29) is 22.8 Å². The van der Waals surface area contributed by atoms with E-state index in [0.29, 0.717) is 11.4 Å². The minimum absolute atomic E-state index is 0.179. The molecule has 196 valence electrons. The van der Waals surface area contributed by atoms with Gasteiger partial charge in [0.05, 0.1) is 35.3 Å². The lowest BCUT2D eigenvalue weighted by atomic mass is 10.1. The third-order valence-electron chi connectivity index (χ3n) is 6.19. The molecular weight excluding hydrogens is 485 g/mol. The maximum absolute atomic E-state index is 13.8. The zero-order valence-electron chi connectivity index (χ0n) is 20.8. The molecule has 1 aliphatic heterocycles. The molecule has 0 unspecified atom stereocenters. The highest BCUT2D eigenvalue weighted by Crippen LogP contribution is 2.38. The summed E-state index contributed by atoms with van der Waals surface area (Å²) in [6.45, 7) is 3.69. The molecule has 0 saturated carbocycles. The first-order valence-corrected chi connectivity index (χ1v) is 11.7. The molecule has 3 aromatic rings. The first-order chi connectivity index (χ1) is 17.7. The van der Waals surface area contributed by atoms with Crippen LogP contribution >= 0.6 is 0 Å². The summed E-state index contributed by atoms with van der Waals surface area (Å²) in [5, 5.41) is 8.33. The van der Waals surface area contributed by atoms with E-state index in [1.807, 2.05) is 18.2 Å². The van der Waals surface area contributed by atoms with Crippen molar-refractivity contribution in [1.29, 1.82) is 0 Å². The molecule has 1 fully saturated rings. The average Bonchev–Trinajstić information content (AvgIpc) is 2.89. The van der Waals surface area contributed by atoms with Gasteiger partial charge in [0.25, 0.3) is 5.91 Å². The zero-order valence-corrected chi connectivity index (χ0v) is 20.8. The van der Waals surface area contributed by atoms with Gasteiger partial charge < -0.3 is 30.5 Å². The maximum atomic E-state index is 13.8. The molecule has 0 aliphatic carbocycles. The average molecular weight is 515 g/mol. The summed E-state index contributed by atoms with van der Waals surface area (Å²) in [7, 11) is 5.08. The number of nitrogens with one attached hydrogen (secondary N) is 3. The van der Waals surface area contributed by atoms with Gasteiger partial charge in [-0.2, -0.15) is 13.2 Å². The number of alkyl halides is 3. The highest BCUT2D eigenvalue weighted by atomic mass is 19.4. The lowest BCUT2D eigenvalue weighted by Crippen LogP contribution is -2.44. The fourth-order valence-electron chi connectivity index (χ4n) is 4.11. The number of amides is 1. The van der Waals surface area contributed by atoms with E-state index in [2.05, 4.69) is 37.8 Å². The number of piperazine rings is 1. The van der Waals surface area contributed by atoms with Crippen LogP contribution in [0, 0.1) is 0 Å². The molecule has 2 aromatic carbocycles. The van der Waals surface area contributed by atoms with E-state index >= 15 is 0 Å². The Bertz CT molecular complexity index is 1260. The second-order valence-corrected chi connectivity index (χ2v) is 8.66. The van der Waals surface area contributed by atoms with Crippen LogP contribution in [0.4, 0.5) is 41.7 Å². The van der Waals surface area contributed by atoms with Gasteiger partial charge in [-0.15, -0.1) is 0 Å². The standard InChI is InChI=1S/C26H29F3N6O2/c1-30-25(36)18-6-4-5-7-20(18)32-22-15-24(31-16-19(22)26(27,28)29)33-21-9-8-17(14-23(21)37-3)35-12-10-34(2)11-13-35/h4-9,14-16H,10-13H2,1-3H3,(H,30,36)(H2,31,32,33). The molecule has 3 N–H and O–H groups in total. The maximum Gasteiger partial charge on any atom is 0.419 e. The number of carbonyl (C=O) groups is 1. The monoisotopic (exact) mass is 514 g/mol. The number of ether oxygens (including phenoxy) is 1. The number of benzene rings is 2. The summed E-state index contributed by atoms with van der Waals surface area (Å²) in [4.78, 5) is 20.7. The van der Waals surface area contributed by atoms with Crippen LogP contribution in [0.15, 0.2) is 54.7 Å². The predicted molar refractivity (Wildman–Crippen MR) is 138 cm³/mol. The van der Waals surface area contributed by atoms with Crippen LogP contribution in [0.2, 0.25) is 0 Å². The van der Waals surface area contributed by atoms with Crippen molar-refractivity contribution in [3.63, 3.8) is 0 Å². The number of carbonyl (C=O) groups excluding carboxylic acids is 1. The van der Waals surface area contributed by atoms with Gasteiger partial charge in [-0.1, -0.05) is 12.1 Å². The molecule has 0 radical (unpaired) electrons. The van der Waals surface area contributed by atoms with Crippen LogP contribution in [0.1, 0.15) is 15.9 Å². The number of nitrogens with zero attached hydrogens (tertiary/aromatic N) is 3. The zero-order chi connectivity index (χ0) is 26.6. The van der Waals surface area contributed by atoms with Crippen molar-refractivity contribution in [2.75, 3.05) is 62.9 Å². The summed E-state index contributed by atoms with van der Waals surface area (Å²) in [6, 6.07) is 13.3. The molecule has 2 heterocycles. The fraction of sp³-hybridized carbons (Fsp3) is 0.308. The summed E-state index contributed by atoms with van der Waals surface area (Å²) >= 11 is 0. The smallest absolute Gasteiger partial charge is 0.419 e. The second-order valence-electron chi connectivity index (χ2n) is 8.66. The Morgan fingerprint density at radius 1 is 0.973 bits per heavy atom. The van der Waals surface area contributed by atoms with Gasteiger partial charge in [0.2, 0.25) is 0 Å². The first kappa shape index (κ1) is 26.1. The van der Waals surface area contributed by atoms with Crippen LogP contribution in [0.5, 0.6) is 5.75 Å². The van der Waals surface area contributed by atoms with Crippen LogP contribution in [0.3, 0.4) is 0 Å². The van der Waals surface area contributed by atoms with Gasteiger partial charge in [0, 0.05) is 57.2 Å². The van der Waals surface area contributed by atoms with E-state index in [0.717, 1.165) is 38.1 Å². The number of hydrogen-bond acceptors (Lipinski definition) is 7. The summed E-state index contributed by atoms with van der Waals surface area (Å²) < 4.78 is 46.9. The van der Waals surface area contributed by atoms with Gasteiger partial charge in [-0.05, 0) is 31.3 Å². The Morgan fingerprint density at radius 2 is 1.70 bits per heavy atom. The fourth-order valence-corrected chi connectivity index (χ4v) is 4.11. The van der Waals surface area contributed by atoms with Gasteiger partial charge in [0.15, 0.2) is 0 Å². The topological polar surface area (TPSA) is 81.8 Å². The minimum atomic E-state index is -4.66. The van der Waals surface area contributed by atoms with Gasteiger partial charge in [-0.3, -0.25) is 4.79 Å². The van der Waals surface area contributed by atoms with Crippen LogP contribution < -0.4 is 25.6 Å². The molecule has 1 saturated heterocycles. The Labute approximate surface area is 213 Å². The molecule has 1 aromatic heterocycles. The number of hydrogen-bond donors (Lipinski definition) is 3. The molecular formula is C26H29F3N6O2. The molecule has 37 heavy (non-hydrogen) atoms. The molecule has 4 rings (SSSR count). The number of likely N-dealkylation sites (N-methyl/N-ethyl adjacent to an activating group) is 1. The number of rotatable bonds is 7. The Hall–Kier alpha value is -3.99. The third kappa shape index (κ3) is 6.05. The first-order valence-electron chi connectivity index (χ1n) is 11.7. The van der Waals surface area contributed by atoms with E-state index in [1.165, 1.54) is 26.3 Å². The van der Waals surface area contributed by atoms with Gasteiger partial charge in [0.1, 0.15) is 11.6 Å². The Balaban J connectivity index is 1.64. The summed E-state index contributed by atoms with van der Waals surface area (Å²) in [5.74, 6) is 0.297. The lowest BCUT2D eigenvalue weighted by Gasteiger charge is -2.34. The number of anilines is 5. The SMILES string of the molecule is CNC(=O)c1ccccc1Nc1cc(Nc2ccc(N3CCN(C)CC3)cc2OC)ncc1C(F)(F)F. The van der Waals surface area contributed by atoms with Crippen molar-refractivity contribution in [1.82, 2.24) is 15.2 Å². The van der Waals surface area contributed by atoms with Crippen molar-refractivity contribution < 1.29 is 22.7 Å². The molecule has 11 heteroatoms. The molecule has 0 atom stereocenters. The summed E-state index contributed by atoms with van der Waals surface area (Å²) in [5.41, 5.74) is 0.814. The van der Waals surface area contributed by atoms with E-state index in [1.54, 1.807) is 18.2 Å². The quantitative estimate of drug-likeness (QED) is 0.421. The van der Waals surface area contributed by atoms with Crippen LogP contribution in [0.25, 0.3) is 0 Å². The molecule has 1 amide bonds. The number of para-hydroxylation sites is 1. The molecule has 0 spiro atoms. The van der Waals surface area contributed by atoms with E-state index < -0.39 is 17.6 Å². The van der Waals surface area contributed by atoms with Crippen molar-refractivity contribution in [3.05, 3.63) is 65.9 Å². The number of methoxy groups -OCH3 is 1. The Kier molecular flexibility index (Phi) is 7.72. The largest absolute Gasteiger partial charge is 0.494 e. The second kappa shape index (κ2) is 11.0. The molecule has 0 bridgehead atoms. The Morgan fingerprint density at radius 3 is 2.38 bits per heavy atom.